The standard InChI is InChI=1S/C12H26N2O/c1-4-10(5-2)7-12(14-13)11-6-9(3)15-8-11/h9-12,14H,4-8,13H2,1-3H3. The van der Waals surface area contributed by atoms with Gasteiger partial charge in [-0.25, -0.2) is 0 Å². The highest BCUT2D eigenvalue weighted by Crippen LogP contribution is 2.27. The summed E-state index contributed by atoms with van der Waals surface area (Å²) in [6.07, 6.45) is 5.24. The average Bonchev–Trinajstić information content (AvgIpc) is 2.67. The average molecular weight is 214 g/mol. The second-order valence-electron chi connectivity index (χ2n) is 4.83. The summed E-state index contributed by atoms with van der Waals surface area (Å²) >= 11 is 0. The van der Waals surface area contributed by atoms with Crippen LogP contribution in [0.25, 0.3) is 0 Å². The van der Waals surface area contributed by atoms with Crippen molar-refractivity contribution in [3.05, 3.63) is 0 Å². The second kappa shape index (κ2) is 6.46. The molecule has 0 aromatic rings. The number of ether oxygens (including phenoxy) is 1. The van der Waals surface area contributed by atoms with Gasteiger partial charge in [-0.3, -0.25) is 11.3 Å². The number of rotatable bonds is 6. The van der Waals surface area contributed by atoms with E-state index in [2.05, 4.69) is 26.2 Å². The highest BCUT2D eigenvalue weighted by atomic mass is 16.5. The molecule has 0 aromatic carbocycles. The molecule has 1 heterocycles. The maximum Gasteiger partial charge on any atom is 0.0551 e. The molecule has 0 bridgehead atoms. The van der Waals surface area contributed by atoms with E-state index in [1.54, 1.807) is 0 Å². The van der Waals surface area contributed by atoms with Crippen molar-refractivity contribution in [1.29, 1.82) is 0 Å². The first kappa shape index (κ1) is 12.9. The number of nitrogens with one attached hydrogen (secondary N) is 1. The molecule has 0 amide bonds. The van der Waals surface area contributed by atoms with Gasteiger partial charge in [-0.05, 0) is 25.7 Å². The minimum Gasteiger partial charge on any atom is -0.378 e. The number of nitrogens with two attached hydrogens (primary N) is 1. The van der Waals surface area contributed by atoms with Crippen LogP contribution in [0.2, 0.25) is 0 Å². The van der Waals surface area contributed by atoms with E-state index in [1.165, 1.54) is 19.3 Å². The summed E-state index contributed by atoms with van der Waals surface area (Å²) in [6, 6.07) is 0.430. The molecule has 3 heteroatoms. The first-order chi connectivity index (χ1) is 7.21. The molecule has 0 aromatic heterocycles. The van der Waals surface area contributed by atoms with E-state index in [0.29, 0.717) is 18.1 Å². The molecule has 0 aliphatic carbocycles. The molecule has 1 rings (SSSR count). The monoisotopic (exact) mass is 214 g/mol. The Hall–Kier alpha value is -0.120. The molecule has 1 aliphatic heterocycles. The third-order valence-electron chi connectivity index (χ3n) is 3.75. The molecule has 0 saturated carbocycles. The number of hydrogen-bond donors (Lipinski definition) is 2. The van der Waals surface area contributed by atoms with Gasteiger partial charge in [0.2, 0.25) is 0 Å². The maximum atomic E-state index is 5.65. The maximum absolute atomic E-state index is 5.65. The van der Waals surface area contributed by atoms with Crippen LogP contribution in [-0.4, -0.2) is 18.8 Å². The van der Waals surface area contributed by atoms with Crippen LogP contribution >= 0.6 is 0 Å². The van der Waals surface area contributed by atoms with E-state index in [1.807, 2.05) is 0 Å². The first-order valence-corrected chi connectivity index (χ1v) is 6.28. The molecule has 3 atom stereocenters. The summed E-state index contributed by atoms with van der Waals surface area (Å²) in [5.41, 5.74) is 2.98. The van der Waals surface area contributed by atoms with E-state index in [-0.39, 0.29) is 0 Å². The van der Waals surface area contributed by atoms with E-state index >= 15 is 0 Å². The predicted octanol–water partition coefficient (Wildman–Crippen LogP) is 2.07. The van der Waals surface area contributed by atoms with E-state index < -0.39 is 0 Å². The van der Waals surface area contributed by atoms with E-state index in [9.17, 15) is 0 Å². The Morgan fingerprint density at radius 2 is 2.07 bits per heavy atom. The second-order valence-corrected chi connectivity index (χ2v) is 4.83. The fourth-order valence-electron chi connectivity index (χ4n) is 2.51. The lowest BCUT2D eigenvalue weighted by Gasteiger charge is -2.25. The van der Waals surface area contributed by atoms with Gasteiger partial charge in [-0.2, -0.15) is 0 Å². The van der Waals surface area contributed by atoms with Gasteiger partial charge in [0.05, 0.1) is 12.7 Å². The van der Waals surface area contributed by atoms with Gasteiger partial charge < -0.3 is 4.74 Å². The third-order valence-corrected chi connectivity index (χ3v) is 3.75. The Morgan fingerprint density at radius 1 is 1.40 bits per heavy atom. The molecule has 3 unspecified atom stereocenters. The molecule has 3 nitrogen and oxygen atoms in total. The highest BCUT2D eigenvalue weighted by Gasteiger charge is 2.29. The Balaban J connectivity index is 2.41. The lowest BCUT2D eigenvalue weighted by Crippen LogP contribution is -2.42. The minimum atomic E-state index is 0.410. The Labute approximate surface area is 93.7 Å². The van der Waals surface area contributed by atoms with Crippen LogP contribution in [0.15, 0.2) is 0 Å². The van der Waals surface area contributed by atoms with Crippen molar-refractivity contribution < 1.29 is 4.74 Å². The van der Waals surface area contributed by atoms with Crippen LogP contribution in [0.4, 0.5) is 0 Å². The van der Waals surface area contributed by atoms with Crippen molar-refractivity contribution >= 4 is 0 Å². The molecule has 0 radical (unpaired) electrons. The fraction of sp³-hybridized carbons (Fsp3) is 1.00. The first-order valence-electron chi connectivity index (χ1n) is 6.28. The van der Waals surface area contributed by atoms with Crippen LogP contribution in [0.1, 0.15) is 46.5 Å². The molecule has 1 saturated heterocycles. The van der Waals surface area contributed by atoms with Gasteiger partial charge in [0.15, 0.2) is 0 Å². The summed E-state index contributed by atoms with van der Waals surface area (Å²) in [5, 5.41) is 0. The molecule has 3 N–H and O–H groups in total. The van der Waals surface area contributed by atoms with Gasteiger partial charge in [-0.15, -0.1) is 0 Å². The summed E-state index contributed by atoms with van der Waals surface area (Å²) in [7, 11) is 0. The Bertz CT molecular complexity index is 171. The van der Waals surface area contributed by atoms with Crippen molar-refractivity contribution in [1.82, 2.24) is 5.43 Å². The Kier molecular flexibility index (Phi) is 5.58. The normalized spacial score (nSPS) is 28.6. The van der Waals surface area contributed by atoms with Crippen molar-refractivity contribution in [2.75, 3.05) is 6.61 Å². The van der Waals surface area contributed by atoms with E-state index in [0.717, 1.165) is 18.9 Å². The van der Waals surface area contributed by atoms with Crippen LogP contribution in [0, 0.1) is 11.8 Å². The van der Waals surface area contributed by atoms with Gasteiger partial charge in [-0.1, -0.05) is 26.7 Å². The van der Waals surface area contributed by atoms with Crippen molar-refractivity contribution in [3.63, 3.8) is 0 Å². The molecular weight excluding hydrogens is 188 g/mol. The Morgan fingerprint density at radius 3 is 2.47 bits per heavy atom. The molecule has 15 heavy (non-hydrogen) atoms. The lowest BCUT2D eigenvalue weighted by molar-refractivity contribution is 0.115. The third kappa shape index (κ3) is 3.74. The summed E-state index contributed by atoms with van der Waals surface area (Å²) in [4.78, 5) is 0. The zero-order valence-electron chi connectivity index (χ0n) is 10.3. The van der Waals surface area contributed by atoms with Crippen LogP contribution in [0.5, 0.6) is 0 Å². The highest BCUT2D eigenvalue weighted by molar-refractivity contribution is 4.82. The van der Waals surface area contributed by atoms with Crippen LogP contribution in [0.3, 0.4) is 0 Å². The number of hydrazine groups is 1. The zero-order chi connectivity index (χ0) is 11.3. The molecule has 1 fully saturated rings. The largest absolute Gasteiger partial charge is 0.378 e. The van der Waals surface area contributed by atoms with Gasteiger partial charge >= 0.3 is 0 Å². The van der Waals surface area contributed by atoms with Gasteiger partial charge in [0, 0.05) is 12.0 Å². The SMILES string of the molecule is CCC(CC)CC(NN)C1COC(C)C1. The lowest BCUT2D eigenvalue weighted by atomic mass is 9.87. The summed E-state index contributed by atoms with van der Waals surface area (Å²) < 4.78 is 5.60. The zero-order valence-corrected chi connectivity index (χ0v) is 10.3. The smallest absolute Gasteiger partial charge is 0.0551 e. The van der Waals surface area contributed by atoms with Gasteiger partial charge in [0.1, 0.15) is 0 Å². The molecule has 90 valence electrons. The van der Waals surface area contributed by atoms with E-state index in [4.69, 9.17) is 10.6 Å². The summed E-state index contributed by atoms with van der Waals surface area (Å²) in [5.74, 6) is 7.05. The van der Waals surface area contributed by atoms with Gasteiger partial charge in [0.25, 0.3) is 0 Å². The van der Waals surface area contributed by atoms with Crippen LogP contribution < -0.4 is 11.3 Å². The minimum absolute atomic E-state index is 0.410. The van der Waals surface area contributed by atoms with Crippen molar-refractivity contribution in [3.8, 4) is 0 Å². The molecular formula is C12H26N2O. The molecule has 1 aliphatic rings. The quantitative estimate of drug-likeness (QED) is 0.525. The topological polar surface area (TPSA) is 47.3 Å². The van der Waals surface area contributed by atoms with Crippen molar-refractivity contribution in [2.24, 2.45) is 17.7 Å². The summed E-state index contributed by atoms with van der Waals surface area (Å²) in [6.45, 7) is 7.53. The fourth-order valence-corrected chi connectivity index (χ4v) is 2.51. The van der Waals surface area contributed by atoms with Crippen LogP contribution in [-0.2, 0) is 4.74 Å². The predicted molar refractivity (Wildman–Crippen MR) is 63.3 cm³/mol. The number of hydrogen-bond acceptors (Lipinski definition) is 3. The van der Waals surface area contributed by atoms with Crippen molar-refractivity contribution in [2.45, 2.75) is 58.6 Å². The molecule has 0 spiro atoms.